The number of benzene rings is 1. The molecule has 1 amide bonds. The first kappa shape index (κ1) is 15.8. The third-order valence-corrected chi connectivity index (χ3v) is 5.27. The maximum atomic E-state index is 12.7. The summed E-state index contributed by atoms with van der Waals surface area (Å²) in [6, 6.07) is 9.22. The molecular weight excluding hydrogens is 320 g/mol. The number of likely N-dealkylation sites (tertiary alicyclic amines) is 1. The van der Waals surface area contributed by atoms with Crippen molar-refractivity contribution in [3.63, 3.8) is 0 Å². The lowest BCUT2D eigenvalue weighted by Crippen LogP contribution is -2.44. The number of nitrogens with zero attached hydrogens (tertiary/aromatic N) is 4. The number of fused-ring (bicyclic) bond motifs is 3. The van der Waals surface area contributed by atoms with Crippen molar-refractivity contribution in [2.45, 2.75) is 32.4 Å². The fourth-order valence-corrected chi connectivity index (χ4v) is 3.91. The monoisotopic (exact) mass is 340 g/mol. The third-order valence-electron chi connectivity index (χ3n) is 5.27. The zero-order chi connectivity index (χ0) is 17.6. The quantitative estimate of drug-likeness (QED) is 0.754. The molecule has 4 rings (SSSR count). The van der Waals surface area contributed by atoms with Crippen molar-refractivity contribution in [3.8, 4) is 0 Å². The Labute approximate surface area is 144 Å². The van der Waals surface area contributed by atoms with Crippen molar-refractivity contribution in [3.05, 3.63) is 62.4 Å². The van der Waals surface area contributed by atoms with Gasteiger partial charge in [-0.05, 0) is 31.4 Å². The van der Waals surface area contributed by atoms with Crippen molar-refractivity contribution in [2.24, 2.45) is 5.92 Å². The molecular formula is C18H20N4O3. The van der Waals surface area contributed by atoms with Crippen LogP contribution in [0.1, 0.15) is 35.4 Å². The molecule has 1 aromatic heterocycles. The summed E-state index contributed by atoms with van der Waals surface area (Å²) >= 11 is 0. The average molecular weight is 340 g/mol. The van der Waals surface area contributed by atoms with E-state index in [9.17, 15) is 14.4 Å². The Bertz CT molecular complexity index is 932. The van der Waals surface area contributed by atoms with Gasteiger partial charge < -0.3 is 4.90 Å². The molecule has 1 aromatic carbocycles. The third kappa shape index (κ3) is 2.50. The van der Waals surface area contributed by atoms with E-state index < -0.39 is 11.1 Å². The molecule has 0 radical (unpaired) electrons. The topological polar surface area (TPSA) is 77.2 Å². The van der Waals surface area contributed by atoms with E-state index in [0.717, 1.165) is 6.42 Å². The molecule has 3 heterocycles. The first-order chi connectivity index (χ1) is 12.1. The molecule has 1 fully saturated rings. The van der Waals surface area contributed by atoms with Gasteiger partial charge in [0, 0.05) is 37.7 Å². The number of aromatic nitrogens is 3. The average Bonchev–Trinajstić information content (AvgIpc) is 3.02. The van der Waals surface area contributed by atoms with E-state index in [1.54, 1.807) is 6.92 Å². The molecule has 0 bridgehead atoms. The predicted octanol–water partition coefficient (Wildman–Crippen LogP) is 0.684. The van der Waals surface area contributed by atoms with E-state index in [0.29, 0.717) is 37.6 Å². The summed E-state index contributed by atoms with van der Waals surface area (Å²) in [6.45, 7) is 3.89. The van der Waals surface area contributed by atoms with Crippen LogP contribution in [0.2, 0.25) is 0 Å². The van der Waals surface area contributed by atoms with Crippen molar-refractivity contribution < 1.29 is 4.79 Å². The van der Waals surface area contributed by atoms with Gasteiger partial charge in [0.2, 0.25) is 0 Å². The number of rotatable bonds is 2. The number of amides is 1. The van der Waals surface area contributed by atoms with E-state index in [2.05, 4.69) is 5.10 Å². The molecule has 0 N–H and O–H groups in total. The maximum Gasteiger partial charge on any atom is 0.332 e. The van der Waals surface area contributed by atoms with Crippen LogP contribution in [0.5, 0.6) is 0 Å². The smallest absolute Gasteiger partial charge is 0.332 e. The molecule has 2 atom stereocenters. The molecule has 25 heavy (non-hydrogen) atoms. The Morgan fingerprint density at radius 1 is 1.16 bits per heavy atom. The minimum absolute atomic E-state index is 0.00339. The Balaban J connectivity index is 1.66. The normalized spacial score (nSPS) is 21.7. The minimum Gasteiger partial charge on any atom is -0.338 e. The molecule has 2 aliphatic heterocycles. The van der Waals surface area contributed by atoms with Gasteiger partial charge in [-0.3, -0.25) is 19.0 Å². The van der Waals surface area contributed by atoms with Crippen molar-refractivity contribution in [2.75, 3.05) is 13.1 Å². The van der Waals surface area contributed by atoms with E-state index in [1.165, 1.54) is 9.25 Å². The Kier molecular flexibility index (Phi) is 3.78. The molecule has 0 aliphatic carbocycles. The second-order valence-electron chi connectivity index (χ2n) is 6.67. The van der Waals surface area contributed by atoms with E-state index in [4.69, 9.17) is 0 Å². The molecule has 0 unspecified atom stereocenters. The standard InChI is InChI=1S/C18H20N4O3/c1-2-22-18(25)17(24)21-10-13-8-9-20(11-14(13)15(21)19-22)16(23)12-6-4-3-5-7-12/h3-7,13-14H,2,8-11H2,1H3/t13-,14+/m0/s1. The number of hydrogen-bond acceptors (Lipinski definition) is 4. The fourth-order valence-electron chi connectivity index (χ4n) is 3.91. The van der Waals surface area contributed by atoms with Gasteiger partial charge in [0.1, 0.15) is 5.82 Å². The Morgan fingerprint density at radius 2 is 1.92 bits per heavy atom. The van der Waals surface area contributed by atoms with Gasteiger partial charge in [0.15, 0.2) is 0 Å². The number of hydrogen-bond donors (Lipinski definition) is 0. The second kappa shape index (κ2) is 5.98. The van der Waals surface area contributed by atoms with E-state index >= 15 is 0 Å². The highest BCUT2D eigenvalue weighted by Gasteiger charge is 2.41. The molecule has 2 aliphatic rings. The van der Waals surface area contributed by atoms with Crippen molar-refractivity contribution in [1.29, 1.82) is 0 Å². The van der Waals surface area contributed by atoms with Crippen LogP contribution in [0.15, 0.2) is 39.9 Å². The molecule has 0 saturated carbocycles. The SMILES string of the molecule is CCn1nc2n(c(=O)c1=O)C[C@@H]1CCN(C(=O)c3ccccc3)C[C@@H]21. The van der Waals surface area contributed by atoms with Crippen LogP contribution in [0.25, 0.3) is 0 Å². The van der Waals surface area contributed by atoms with Crippen LogP contribution < -0.4 is 11.1 Å². The fraction of sp³-hybridized carbons (Fsp3) is 0.444. The largest absolute Gasteiger partial charge is 0.338 e. The highest BCUT2D eigenvalue weighted by Crippen LogP contribution is 2.37. The lowest BCUT2D eigenvalue weighted by molar-refractivity contribution is 0.0667. The molecule has 1 saturated heterocycles. The summed E-state index contributed by atoms with van der Waals surface area (Å²) in [5, 5.41) is 4.41. The zero-order valence-electron chi connectivity index (χ0n) is 14.1. The Morgan fingerprint density at radius 3 is 2.64 bits per heavy atom. The van der Waals surface area contributed by atoms with E-state index in [1.807, 2.05) is 35.2 Å². The lowest BCUT2D eigenvalue weighted by atomic mass is 9.87. The van der Waals surface area contributed by atoms with Crippen molar-refractivity contribution >= 4 is 5.91 Å². The predicted molar refractivity (Wildman–Crippen MR) is 91.6 cm³/mol. The highest BCUT2D eigenvalue weighted by atomic mass is 16.2. The summed E-state index contributed by atoms with van der Waals surface area (Å²) in [6.07, 6.45) is 0.812. The molecule has 7 heteroatoms. The summed E-state index contributed by atoms with van der Waals surface area (Å²) < 4.78 is 2.74. The van der Waals surface area contributed by atoms with Crippen LogP contribution in [0, 0.1) is 5.92 Å². The lowest BCUT2D eigenvalue weighted by Gasteiger charge is -2.34. The van der Waals surface area contributed by atoms with E-state index in [-0.39, 0.29) is 17.7 Å². The first-order valence-electron chi connectivity index (χ1n) is 8.66. The van der Waals surface area contributed by atoms with Gasteiger partial charge in [-0.25, -0.2) is 4.68 Å². The number of carbonyl (C=O) groups is 1. The molecule has 0 spiro atoms. The van der Waals surface area contributed by atoms with Gasteiger partial charge in [0.05, 0.1) is 0 Å². The van der Waals surface area contributed by atoms with Crippen LogP contribution in [0.4, 0.5) is 0 Å². The molecule has 7 nitrogen and oxygen atoms in total. The van der Waals surface area contributed by atoms with Crippen LogP contribution >= 0.6 is 0 Å². The van der Waals surface area contributed by atoms with Crippen LogP contribution in [-0.2, 0) is 13.1 Å². The zero-order valence-corrected chi connectivity index (χ0v) is 14.1. The number of aryl methyl sites for hydroxylation is 1. The van der Waals surface area contributed by atoms with Crippen LogP contribution in [0.3, 0.4) is 0 Å². The summed E-state index contributed by atoms with van der Waals surface area (Å²) in [5.41, 5.74) is -0.396. The maximum absolute atomic E-state index is 12.7. The molecule has 2 aromatic rings. The number of carbonyl (C=O) groups excluding carboxylic acids is 1. The minimum atomic E-state index is -0.567. The first-order valence-corrected chi connectivity index (χ1v) is 8.66. The van der Waals surface area contributed by atoms with Crippen molar-refractivity contribution in [1.82, 2.24) is 19.2 Å². The number of piperidine rings is 1. The Hall–Kier alpha value is -2.70. The van der Waals surface area contributed by atoms with Gasteiger partial charge >= 0.3 is 11.1 Å². The summed E-state index contributed by atoms with van der Waals surface area (Å²) in [7, 11) is 0. The van der Waals surface area contributed by atoms with Gasteiger partial charge in [-0.15, -0.1) is 0 Å². The van der Waals surface area contributed by atoms with Gasteiger partial charge in [0.25, 0.3) is 5.91 Å². The summed E-state index contributed by atoms with van der Waals surface area (Å²) in [5.74, 6) is 0.908. The van der Waals surface area contributed by atoms with Crippen LogP contribution in [-0.4, -0.2) is 38.2 Å². The summed E-state index contributed by atoms with van der Waals surface area (Å²) in [4.78, 5) is 38.9. The van der Waals surface area contributed by atoms with Gasteiger partial charge in [-0.2, -0.15) is 5.10 Å². The second-order valence-corrected chi connectivity index (χ2v) is 6.67. The highest BCUT2D eigenvalue weighted by molar-refractivity contribution is 5.94. The molecule has 130 valence electrons. The van der Waals surface area contributed by atoms with Gasteiger partial charge in [-0.1, -0.05) is 18.2 Å².